The first-order valence-corrected chi connectivity index (χ1v) is 25.2. The zero-order valence-corrected chi connectivity index (χ0v) is 40.5. The summed E-state index contributed by atoms with van der Waals surface area (Å²) in [6, 6.07) is 54.1. The number of nitrogens with zero attached hydrogens (tertiary/aromatic N) is 3. The molecule has 1 unspecified atom stereocenters. The predicted molar refractivity (Wildman–Crippen MR) is 289 cm³/mol. The number of aliphatic carboxylic acids is 1. The molecule has 3 heterocycles. The Morgan fingerprint density at radius 3 is 1.74 bits per heavy atom. The highest BCUT2D eigenvalue weighted by Gasteiger charge is 2.27. The number of aromatic nitrogens is 1. The number of methoxy groups -OCH3 is 2. The fourth-order valence-corrected chi connectivity index (χ4v) is 12.5. The van der Waals surface area contributed by atoms with Gasteiger partial charge in [0.15, 0.2) is 0 Å². The molecule has 0 amide bonds. The Labute approximate surface area is 409 Å². The van der Waals surface area contributed by atoms with Crippen molar-refractivity contribution < 1.29 is 19.4 Å². The van der Waals surface area contributed by atoms with E-state index in [0.29, 0.717) is 5.92 Å². The monoisotopic (exact) mass is 939 g/mol. The summed E-state index contributed by atoms with van der Waals surface area (Å²) in [5.74, 6) is 0.915. The van der Waals surface area contributed by atoms with E-state index in [-0.39, 0.29) is 5.57 Å². The van der Waals surface area contributed by atoms with Crippen LogP contribution in [0.5, 0.6) is 11.5 Å². The molecule has 0 aliphatic heterocycles. The van der Waals surface area contributed by atoms with E-state index in [1.165, 1.54) is 107 Å². The van der Waals surface area contributed by atoms with Crippen LogP contribution in [0.3, 0.4) is 0 Å². The summed E-state index contributed by atoms with van der Waals surface area (Å²) in [7, 11) is 3.38. The summed E-state index contributed by atoms with van der Waals surface area (Å²) < 4.78 is 13.7. The van der Waals surface area contributed by atoms with Crippen LogP contribution >= 0.6 is 22.7 Å². The molecule has 0 radical (unpaired) electrons. The second-order valence-corrected chi connectivity index (χ2v) is 19.9. The second-order valence-electron chi connectivity index (χ2n) is 17.7. The molecule has 0 aliphatic carbocycles. The number of hydrogen-bond donors (Lipinski definition) is 1. The first-order chi connectivity index (χ1) is 33.8. The van der Waals surface area contributed by atoms with Crippen molar-refractivity contribution in [2.75, 3.05) is 19.1 Å². The van der Waals surface area contributed by atoms with Crippen LogP contribution in [0, 0.1) is 17.2 Å². The topological polar surface area (TPSA) is 87.7 Å². The molecule has 340 valence electrons. The van der Waals surface area contributed by atoms with Gasteiger partial charge in [0.2, 0.25) is 0 Å². The van der Waals surface area contributed by atoms with Crippen LogP contribution in [0.2, 0.25) is 0 Å². The van der Waals surface area contributed by atoms with Crippen molar-refractivity contribution in [2.45, 2.75) is 46.1 Å². The third-order valence-corrected chi connectivity index (χ3v) is 16.2. The summed E-state index contributed by atoms with van der Waals surface area (Å²) in [6.07, 6.45) is 6.11. The minimum absolute atomic E-state index is 0.274. The van der Waals surface area contributed by atoms with Crippen LogP contribution in [0.4, 0.5) is 17.1 Å². The summed E-state index contributed by atoms with van der Waals surface area (Å²) in [6.45, 7) is 5.56. The molecule has 0 saturated carbocycles. The molecule has 11 aromatic rings. The number of ether oxygens (including phenoxy) is 2. The Kier molecular flexibility index (Phi) is 11.5. The van der Waals surface area contributed by atoms with Crippen molar-refractivity contribution in [1.29, 1.82) is 5.26 Å². The van der Waals surface area contributed by atoms with E-state index < -0.39 is 5.97 Å². The minimum Gasteiger partial charge on any atom is -0.497 e. The van der Waals surface area contributed by atoms with Crippen LogP contribution < -0.4 is 14.4 Å². The van der Waals surface area contributed by atoms with Crippen LogP contribution in [-0.4, -0.2) is 29.9 Å². The van der Waals surface area contributed by atoms with Crippen LogP contribution in [0.1, 0.15) is 44.4 Å². The van der Waals surface area contributed by atoms with Crippen molar-refractivity contribution in [3.8, 4) is 48.9 Å². The van der Waals surface area contributed by atoms with E-state index in [2.05, 4.69) is 133 Å². The molecule has 0 fully saturated rings. The van der Waals surface area contributed by atoms with Gasteiger partial charge in [0.25, 0.3) is 0 Å². The number of carboxylic acids is 1. The van der Waals surface area contributed by atoms with E-state index >= 15 is 0 Å². The summed E-state index contributed by atoms with van der Waals surface area (Å²) in [4.78, 5) is 17.9. The maximum Gasteiger partial charge on any atom is 0.346 e. The molecule has 69 heavy (non-hydrogen) atoms. The zero-order valence-electron chi connectivity index (χ0n) is 38.9. The van der Waals surface area contributed by atoms with Crippen molar-refractivity contribution in [3.63, 3.8) is 0 Å². The fourth-order valence-electron chi connectivity index (χ4n) is 10.4. The maximum atomic E-state index is 11.6. The number of hydrogen-bond acceptors (Lipinski definition) is 7. The van der Waals surface area contributed by atoms with E-state index in [1.807, 2.05) is 36.4 Å². The first-order valence-electron chi connectivity index (χ1n) is 23.5. The van der Waals surface area contributed by atoms with Gasteiger partial charge in [-0.3, -0.25) is 0 Å². The SMILES string of the molecule is CCCCC(CC)Cn1c2cc(-c3ccc(N(c4ccc(OC)cc4)c4ccc(OC)cc4)cc3)c3cccc4c5cccc6c(-c7ccc(-c8ccc(/C=C(/C#N)C(=O)O)s8)s7)cc1c(c65)c2c34. The van der Waals surface area contributed by atoms with Gasteiger partial charge in [-0.2, -0.15) is 5.26 Å². The molecule has 7 nitrogen and oxygen atoms in total. The molecule has 0 aliphatic rings. The van der Waals surface area contributed by atoms with Gasteiger partial charge in [-0.15, -0.1) is 22.7 Å². The number of anilines is 3. The molecular formula is C60H49N3O4S2. The highest BCUT2D eigenvalue weighted by Crippen LogP contribution is 2.52. The highest BCUT2D eigenvalue weighted by molar-refractivity contribution is 7.24. The quantitative estimate of drug-likeness (QED) is 0.0449. The van der Waals surface area contributed by atoms with Gasteiger partial charge >= 0.3 is 5.97 Å². The summed E-state index contributed by atoms with van der Waals surface area (Å²) >= 11 is 3.25. The molecule has 3 aromatic heterocycles. The maximum absolute atomic E-state index is 11.6. The molecule has 1 N–H and O–H groups in total. The number of thiophene rings is 2. The lowest BCUT2D eigenvalue weighted by Crippen LogP contribution is -2.10. The fraction of sp³-hybridized carbons (Fsp3) is 0.167. The normalized spacial score (nSPS) is 12.5. The van der Waals surface area contributed by atoms with E-state index in [1.54, 1.807) is 31.6 Å². The third-order valence-electron chi connectivity index (χ3n) is 13.9. The van der Waals surface area contributed by atoms with Gasteiger partial charge in [0, 0.05) is 70.2 Å². The minimum atomic E-state index is -1.22. The average Bonchev–Trinajstić information content (AvgIpc) is 4.15. The van der Waals surface area contributed by atoms with Gasteiger partial charge < -0.3 is 24.0 Å². The molecule has 11 rings (SSSR count). The lowest BCUT2D eigenvalue weighted by atomic mass is 9.86. The predicted octanol–water partition coefficient (Wildman–Crippen LogP) is 16.9. The van der Waals surface area contributed by atoms with Crippen LogP contribution in [0.25, 0.3) is 91.5 Å². The number of benzene rings is 8. The van der Waals surface area contributed by atoms with E-state index in [4.69, 9.17) is 9.47 Å². The van der Waals surface area contributed by atoms with Gasteiger partial charge in [-0.1, -0.05) is 81.6 Å². The number of unbranched alkanes of at least 4 members (excludes halogenated alkanes) is 1. The summed E-state index contributed by atoms with van der Waals surface area (Å²) in [5.41, 5.74) is 8.94. The first kappa shape index (κ1) is 43.9. The molecule has 0 saturated heterocycles. The van der Waals surface area contributed by atoms with Gasteiger partial charge in [0.1, 0.15) is 23.1 Å². The molecular weight excluding hydrogens is 891 g/mol. The van der Waals surface area contributed by atoms with Crippen molar-refractivity contribution >= 4 is 106 Å². The molecule has 0 spiro atoms. The Balaban J connectivity index is 1.10. The largest absolute Gasteiger partial charge is 0.497 e. The van der Waals surface area contributed by atoms with Crippen LogP contribution in [-0.2, 0) is 11.3 Å². The van der Waals surface area contributed by atoms with Gasteiger partial charge in [-0.25, -0.2) is 4.79 Å². The molecule has 9 heteroatoms. The third kappa shape index (κ3) is 7.61. The van der Waals surface area contributed by atoms with Crippen molar-refractivity contribution in [1.82, 2.24) is 4.57 Å². The van der Waals surface area contributed by atoms with Gasteiger partial charge in [0.05, 0.1) is 25.3 Å². The van der Waals surface area contributed by atoms with E-state index in [0.717, 1.165) is 61.7 Å². The molecule has 1 atom stereocenters. The lowest BCUT2D eigenvalue weighted by molar-refractivity contribution is -0.132. The zero-order chi connectivity index (χ0) is 47.3. The average molecular weight is 940 g/mol. The summed E-state index contributed by atoms with van der Waals surface area (Å²) in [5, 5.41) is 29.2. The van der Waals surface area contributed by atoms with Crippen molar-refractivity contribution in [3.05, 3.63) is 156 Å². The standard InChI is InChI=1S/C60H49N3O4S2/c1-5-7-10-36(6-2)35-62-51-32-49(37-15-17-39(18-16-37)63(40-19-23-42(66-3)24-20-40)41-21-25-43(67-4)26-22-41)47-13-8-11-45-46-12-9-14-48-50(33-52(62)59(57(46)48)58(51)56(45)47)53-29-30-55(69-53)54-28-27-44(68-54)31-38(34-61)60(64)65/h8-9,11-33,36H,5-7,10,35H2,1-4H3,(H,64,65)/b38-31-. The molecule has 8 aromatic carbocycles. The number of carboxylic acid groups (broad SMARTS) is 1. The highest BCUT2D eigenvalue weighted by atomic mass is 32.1. The number of nitriles is 1. The van der Waals surface area contributed by atoms with Gasteiger partial charge in [-0.05, 0) is 148 Å². The number of carbonyl (C=O) groups is 1. The second kappa shape index (κ2) is 18.1. The Morgan fingerprint density at radius 1 is 0.667 bits per heavy atom. The molecule has 0 bridgehead atoms. The number of rotatable bonds is 16. The van der Waals surface area contributed by atoms with Crippen molar-refractivity contribution in [2.24, 2.45) is 5.92 Å². The lowest BCUT2D eigenvalue weighted by Gasteiger charge is -2.26. The smallest absolute Gasteiger partial charge is 0.346 e. The Morgan fingerprint density at radius 2 is 1.19 bits per heavy atom. The Bertz CT molecular complexity index is 3690. The van der Waals surface area contributed by atoms with Crippen LogP contribution in [0.15, 0.2) is 151 Å². The van der Waals surface area contributed by atoms with E-state index in [9.17, 15) is 15.2 Å². The Hall–Kier alpha value is -7.64. The number of fused-ring (bicyclic) bond motifs is 1.